The highest BCUT2D eigenvalue weighted by molar-refractivity contribution is 5.98. The predicted molar refractivity (Wildman–Crippen MR) is 185 cm³/mol. The molecule has 1 N–H and O–H groups in total. The van der Waals surface area contributed by atoms with Gasteiger partial charge in [-0.25, -0.2) is 4.98 Å². The summed E-state index contributed by atoms with van der Waals surface area (Å²) in [6, 6.07) is 25.1. The Morgan fingerprint density at radius 1 is 0.818 bits per heavy atom. The maximum Gasteiger partial charge on any atom is 0.253 e. The average molecular weight is 594 g/mol. The largest absolute Gasteiger partial charge is 0.339 e. The van der Waals surface area contributed by atoms with Crippen molar-refractivity contribution in [1.82, 2.24) is 19.4 Å². The summed E-state index contributed by atoms with van der Waals surface area (Å²) in [5, 5.41) is 3.61. The van der Waals surface area contributed by atoms with Crippen LogP contribution in [0.3, 0.4) is 0 Å². The second-order valence-electron chi connectivity index (χ2n) is 13.3. The summed E-state index contributed by atoms with van der Waals surface area (Å²) in [5.74, 6) is 2.07. The lowest BCUT2D eigenvalue weighted by Gasteiger charge is -2.26. The molecule has 1 aliphatic rings. The van der Waals surface area contributed by atoms with Crippen LogP contribution in [0.4, 0.5) is 11.6 Å². The number of imidazole rings is 1. The molecule has 0 atom stereocenters. The van der Waals surface area contributed by atoms with E-state index in [1.807, 2.05) is 18.2 Å². The summed E-state index contributed by atoms with van der Waals surface area (Å²) in [5.41, 5.74) is 6.08. The van der Waals surface area contributed by atoms with Gasteiger partial charge < -0.3 is 19.7 Å². The van der Waals surface area contributed by atoms with E-state index in [0.29, 0.717) is 11.8 Å². The third kappa shape index (κ3) is 8.50. The number of piperidine rings is 1. The van der Waals surface area contributed by atoms with Gasteiger partial charge in [0.1, 0.15) is 0 Å². The van der Waals surface area contributed by atoms with Crippen molar-refractivity contribution in [2.45, 2.75) is 72.8 Å². The molecule has 2 heterocycles. The molecular weight excluding hydrogens is 542 g/mol. The summed E-state index contributed by atoms with van der Waals surface area (Å²) in [4.78, 5) is 23.6. The monoisotopic (exact) mass is 593 g/mol. The molecule has 0 spiro atoms. The standard InChI is InChI=1S/C38H51N5O/c1-29(2)20-26-42(27-21-30(3)4)37(44)33-16-19-35-36(28-33)43(25-11-24-41-22-9-6-10-23-41)38(40-35)39-34-17-14-32(15-18-34)31-12-7-5-8-13-31/h5,7-8,12-19,28-30H,6,9-11,20-27H2,1-4H3,(H,39,40). The van der Waals surface area contributed by atoms with E-state index >= 15 is 0 Å². The quantitative estimate of drug-likeness (QED) is 0.159. The lowest BCUT2D eigenvalue weighted by atomic mass is 10.1. The van der Waals surface area contributed by atoms with Crippen LogP contribution in [0.1, 0.15) is 76.6 Å². The lowest BCUT2D eigenvalue weighted by molar-refractivity contribution is 0.0741. The zero-order chi connectivity index (χ0) is 30.9. The number of nitrogens with zero attached hydrogens (tertiary/aromatic N) is 4. The van der Waals surface area contributed by atoms with Crippen molar-refractivity contribution in [2.75, 3.05) is 38.0 Å². The SMILES string of the molecule is CC(C)CCN(CCC(C)C)C(=O)c1ccc2nc(Nc3ccc(-c4ccccc4)cc3)n(CCCN3CCCCC3)c2c1. The van der Waals surface area contributed by atoms with Gasteiger partial charge >= 0.3 is 0 Å². The molecule has 0 radical (unpaired) electrons. The van der Waals surface area contributed by atoms with E-state index in [1.54, 1.807) is 0 Å². The molecule has 0 aliphatic carbocycles. The van der Waals surface area contributed by atoms with Crippen molar-refractivity contribution >= 4 is 28.6 Å². The number of hydrogen-bond donors (Lipinski definition) is 1. The summed E-state index contributed by atoms with van der Waals surface area (Å²) in [6.45, 7) is 14.8. The molecular formula is C38H51N5O. The molecule has 0 saturated carbocycles. The van der Waals surface area contributed by atoms with Crippen molar-refractivity contribution in [1.29, 1.82) is 0 Å². The van der Waals surface area contributed by atoms with Crippen LogP contribution in [-0.2, 0) is 6.54 Å². The Hall–Kier alpha value is -3.64. The topological polar surface area (TPSA) is 53.4 Å². The van der Waals surface area contributed by atoms with Crippen LogP contribution >= 0.6 is 0 Å². The fraction of sp³-hybridized carbons (Fsp3) is 0.474. The fourth-order valence-corrected chi connectivity index (χ4v) is 6.04. The number of benzene rings is 3. The van der Waals surface area contributed by atoms with Gasteiger partial charge in [-0.1, -0.05) is 76.6 Å². The summed E-state index contributed by atoms with van der Waals surface area (Å²) >= 11 is 0. The molecule has 5 rings (SSSR count). The van der Waals surface area contributed by atoms with E-state index in [4.69, 9.17) is 4.98 Å². The second kappa shape index (κ2) is 15.4. The third-order valence-electron chi connectivity index (χ3n) is 8.79. The molecule has 1 aromatic heterocycles. The van der Waals surface area contributed by atoms with Gasteiger partial charge in [0, 0.05) is 30.9 Å². The van der Waals surface area contributed by atoms with Gasteiger partial charge in [0.15, 0.2) is 0 Å². The molecule has 44 heavy (non-hydrogen) atoms. The minimum Gasteiger partial charge on any atom is -0.339 e. The number of carbonyl (C=O) groups excluding carboxylic acids is 1. The number of hydrogen-bond acceptors (Lipinski definition) is 4. The van der Waals surface area contributed by atoms with Crippen LogP contribution in [0.25, 0.3) is 22.2 Å². The molecule has 0 unspecified atom stereocenters. The number of fused-ring (bicyclic) bond motifs is 1. The number of nitrogens with one attached hydrogen (secondary N) is 1. The van der Waals surface area contributed by atoms with Gasteiger partial charge in [-0.15, -0.1) is 0 Å². The number of aromatic nitrogens is 2. The van der Waals surface area contributed by atoms with Gasteiger partial charge in [-0.3, -0.25) is 4.79 Å². The van der Waals surface area contributed by atoms with Gasteiger partial charge in [0.25, 0.3) is 5.91 Å². The molecule has 3 aromatic carbocycles. The highest BCUT2D eigenvalue weighted by Crippen LogP contribution is 2.27. The molecule has 1 aliphatic heterocycles. The number of anilines is 2. The minimum absolute atomic E-state index is 0.125. The second-order valence-corrected chi connectivity index (χ2v) is 13.3. The van der Waals surface area contributed by atoms with Crippen molar-refractivity contribution in [2.24, 2.45) is 11.8 Å². The van der Waals surface area contributed by atoms with E-state index in [-0.39, 0.29) is 5.91 Å². The van der Waals surface area contributed by atoms with Crippen molar-refractivity contribution < 1.29 is 4.79 Å². The van der Waals surface area contributed by atoms with E-state index in [2.05, 4.69) is 102 Å². The van der Waals surface area contributed by atoms with Crippen LogP contribution in [0.2, 0.25) is 0 Å². The predicted octanol–water partition coefficient (Wildman–Crippen LogP) is 8.86. The van der Waals surface area contributed by atoms with Crippen LogP contribution in [0.5, 0.6) is 0 Å². The minimum atomic E-state index is 0.125. The zero-order valence-electron chi connectivity index (χ0n) is 27.3. The van der Waals surface area contributed by atoms with Crippen LogP contribution in [0.15, 0.2) is 72.8 Å². The smallest absolute Gasteiger partial charge is 0.253 e. The van der Waals surface area contributed by atoms with Gasteiger partial charge in [-0.2, -0.15) is 0 Å². The highest BCUT2D eigenvalue weighted by atomic mass is 16.2. The maximum absolute atomic E-state index is 13.9. The highest BCUT2D eigenvalue weighted by Gasteiger charge is 2.20. The first kappa shape index (κ1) is 31.8. The Morgan fingerprint density at radius 2 is 1.48 bits per heavy atom. The molecule has 1 amide bonds. The van der Waals surface area contributed by atoms with E-state index in [0.717, 1.165) is 73.7 Å². The first-order valence-corrected chi connectivity index (χ1v) is 16.8. The van der Waals surface area contributed by atoms with Crippen LogP contribution in [-0.4, -0.2) is 58.0 Å². The molecule has 6 heteroatoms. The number of amides is 1. The van der Waals surface area contributed by atoms with Crippen LogP contribution < -0.4 is 5.32 Å². The number of rotatable bonds is 14. The van der Waals surface area contributed by atoms with Crippen molar-refractivity contribution in [3.63, 3.8) is 0 Å². The molecule has 1 fully saturated rings. The number of carbonyl (C=O) groups is 1. The number of aryl methyl sites for hydroxylation is 1. The van der Waals surface area contributed by atoms with Crippen molar-refractivity contribution in [3.8, 4) is 11.1 Å². The van der Waals surface area contributed by atoms with E-state index in [9.17, 15) is 4.79 Å². The molecule has 6 nitrogen and oxygen atoms in total. The summed E-state index contributed by atoms with van der Waals surface area (Å²) in [7, 11) is 0. The Balaban J connectivity index is 1.41. The lowest BCUT2D eigenvalue weighted by Crippen LogP contribution is -2.34. The third-order valence-corrected chi connectivity index (χ3v) is 8.79. The zero-order valence-corrected chi connectivity index (χ0v) is 27.3. The normalized spacial score (nSPS) is 14.0. The first-order valence-electron chi connectivity index (χ1n) is 16.8. The summed E-state index contributed by atoms with van der Waals surface area (Å²) in [6.07, 6.45) is 7.02. The van der Waals surface area contributed by atoms with Crippen LogP contribution in [0, 0.1) is 11.8 Å². The Labute approximate surface area is 264 Å². The number of likely N-dealkylation sites (tertiary alicyclic amines) is 1. The molecule has 4 aromatic rings. The molecule has 0 bridgehead atoms. The molecule has 1 saturated heterocycles. The Bertz CT molecular complexity index is 1460. The Kier molecular flexibility index (Phi) is 11.1. The van der Waals surface area contributed by atoms with E-state index in [1.165, 1.54) is 43.5 Å². The maximum atomic E-state index is 13.9. The van der Waals surface area contributed by atoms with E-state index < -0.39 is 0 Å². The first-order chi connectivity index (χ1) is 21.4. The van der Waals surface area contributed by atoms with Gasteiger partial charge in [0.05, 0.1) is 11.0 Å². The summed E-state index contributed by atoms with van der Waals surface area (Å²) < 4.78 is 2.29. The van der Waals surface area contributed by atoms with Gasteiger partial charge in [-0.05, 0) is 105 Å². The van der Waals surface area contributed by atoms with Crippen molar-refractivity contribution in [3.05, 3.63) is 78.4 Å². The van der Waals surface area contributed by atoms with Gasteiger partial charge in [0.2, 0.25) is 5.95 Å². The fourth-order valence-electron chi connectivity index (χ4n) is 6.04. The Morgan fingerprint density at radius 3 is 2.14 bits per heavy atom. The average Bonchev–Trinajstić information content (AvgIpc) is 3.37. The molecule has 234 valence electrons.